The molecule has 1 fully saturated rings. The van der Waals surface area contributed by atoms with Gasteiger partial charge in [-0.15, -0.1) is 10.2 Å². The van der Waals surface area contributed by atoms with Crippen molar-refractivity contribution in [3.05, 3.63) is 95.0 Å². The number of anilines is 1. The van der Waals surface area contributed by atoms with Crippen LogP contribution in [0.5, 0.6) is 0 Å². The van der Waals surface area contributed by atoms with Crippen LogP contribution in [0.2, 0.25) is 0 Å². The van der Waals surface area contributed by atoms with Crippen molar-refractivity contribution in [2.45, 2.75) is 0 Å². The van der Waals surface area contributed by atoms with Crippen molar-refractivity contribution in [3.8, 4) is 11.1 Å². The maximum Gasteiger partial charge on any atom is 0.246 e. The number of amides is 1. The van der Waals surface area contributed by atoms with E-state index in [0.29, 0.717) is 16.5 Å². The molecular formula is C24H16BrN3O2S. The number of amidine groups is 1. The Morgan fingerprint density at radius 2 is 1.65 bits per heavy atom. The van der Waals surface area contributed by atoms with E-state index in [9.17, 15) is 4.79 Å². The average Bonchev–Trinajstić information content (AvgIpc) is 3.18. The lowest BCUT2D eigenvalue weighted by molar-refractivity contribution is -0.115. The van der Waals surface area contributed by atoms with Gasteiger partial charge in [-0.3, -0.25) is 9.69 Å². The standard InChI is InChI=1S/C24H16BrN3O2S/c25-18-12-10-16(11-13-18)20-14-17-6-4-5-9-21(17)30-23(20)26-27-24-28(22(29)15-31-24)19-7-2-1-3-8-19/h1-14H,15H2/b26-23+,27-24+. The summed E-state index contributed by atoms with van der Waals surface area (Å²) in [6.45, 7) is 0. The van der Waals surface area contributed by atoms with Gasteiger partial charge in [-0.2, -0.15) is 0 Å². The van der Waals surface area contributed by atoms with Gasteiger partial charge in [0, 0.05) is 15.4 Å². The number of hydrogen-bond donors (Lipinski definition) is 0. The molecular weight excluding hydrogens is 474 g/mol. The SMILES string of the molecule is O=C1CS/C(=N/N=c2/oc3ccccc3cc2-c2ccc(Br)cc2)N1c1ccccc1. The molecule has 0 radical (unpaired) electrons. The molecule has 1 saturated heterocycles. The molecule has 2 heterocycles. The van der Waals surface area contributed by atoms with Gasteiger partial charge in [0.05, 0.1) is 11.4 Å². The average molecular weight is 490 g/mol. The maximum absolute atomic E-state index is 12.4. The van der Waals surface area contributed by atoms with Crippen molar-refractivity contribution in [1.29, 1.82) is 0 Å². The normalized spacial score (nSPS) is 15.9. The number of thioether (sulfide) groups is 1. The van der Waals surface area contributed by atoms with Crippen LogP contribution in [0.25, 0.3) is 22.1 Å². The number of fused-ring (bicyclic) bond motifs is 1. The molecule has 3 aromatic carbocycles. The monoisotopic (exact) mass is 489 g/mol. The predicted molar refractivity (Wildman–Crippen MR) is 129 cm³/mol. The highest BCUT2D eigenvalue weighted by atomic mass is 79.9. The van der Waals surface area contributed by atoms with Crippen LogP contribution < -0.4 is 10.5 Å². The topological polar surface area (TPSA) is 58.2 Å². The zero-order chi connectivity index (χ0) is 21.2. The highest BCUT2D eigenvalue weighted by Crippen LogP contribution is 2.27. The van der Waals surface area contributed by atoms with E-state index >= 15 is 0 Å². The summed E-state index contributed by atoms with van der Waals surface area (Å²) in [4.78, 5) is 14.0. The summed E-state index contributed by atoms with van der Waals surface area (Å²) in [6, 6.07) is 27.2. The van der Waals surface area contributed by atoms with E-state index in [4.69, 9.17) is 4.42 Å². The van der Waals surface area contributed by atoms with Crippen LogP contribution in [0.15, 0.2) is 104 Å². The fourth-order valence-electron chi connectivity index (χ4n) is 3.33. The zero-order valence-electron chi connectivity index (χ0n) is 16.2. The molecule has 7 heteroatoms. The Morgan fingerprint density at radius 1 is 0.903 bits per heavy atom. The van der Waals surface area contributed by atoms with Crippen LogP contribution in [0.1, 0.15) is 0 Å². The summed E-state index contributed by atoms with van der Waals surface area (Å²) >= 11 is 4.84. The van der Waals surface area contributed by atoms with Crippen molar-refractivity contribution >= 4 is 55.4 Å². The summed E-state index contributed by atoms with van der Waals surface area (Å²) in [5, 5.41) is 10.4. The first-order chi connectivity index (χ1) is 15.2. The number of carbonyl (C=O) groups excluding carboxylic acids is 1. The van der Waals surface area contributed by atoms with Crippen LogP contribution in [0.4, 0.5) is 5.69 Å². The molecule has 0 atom stereocenters. The summed E-state index contributed by atoms with van der Waals surface area (Å²) in [5.41, 5.74) is 3.68. The second kappa shape index (κ2) is 8.53. The minimum Gasteiger partial charge on any atom is -0.436 e. The number of hydrogen-bond acceptors (Lipinski definition) is 5. The number of para-hydroxylation sites is 2. The fraction of sp³-hybridized carbons (Fsp3) is 0.0417. The van der Waals surface area contributed by atoms with E-state index in [-0.39, 0.29) is 5.91 Å². The second-order valence-corrected chi connectivity index (χ2v) is 8.70. The minimum absolute atomic E-state index is 0.0197. The molecule has 0 N–H and O–H groups in total. The van der Waals surface area contributed by atoms with Gasteiger partial charge in [0.1, 0.15) is 5.58 Å². The Morgan fingerprint density at radius 3 is 2.45 bits per heavy atom. The van der Waals surface area contributed by atoms with Gasteiger partial charge in [-0.25, -0.2) is 0 Å². The van der Waals surface area contributed by atoms with Crippen LogP contribution in [-0.4, -0.2) is 16.8 Å². The van der Waals surface area contributed by atoms with Gasteiger partial charge in [0.2, 0.25) is 11.5 Å². The van der Waals surface area contributed by atoms with Crippen LogP contribution in [-0.2, 0) is 4.79 Å². The van der Waals surface area contributed by atoms with Gasteiger partial charge in [-0.05, 0) is 42.0 Å². The van der Waals surface area contributed by atoms with Crippen LogP contribution >= 0.6 is 27.7 Å². The Balaban J connectivity index is 1.65. The minimum atomic E-state index is -0.0197. The third kappa shape index (κ3) is 4.06. The first-order valence-electron chi connectivity index (χ1n) is 9.60. The van der Waals surface area contributed by atoms with Crippen molar-refractivity contribution < 1.29 is 9.21 Å². The number of benzene rings is 3. The molecule has 152 valence electrons. The maximum atomic E-state index is 12.4. The Bertz CT molecular complexity index is 1370. The van der Waals surface area contributed by atoms with E-state index in [2.05, 4.69) is 26.1 Å². The van der Waals surface area contributed by atoms with E-state index in [1.54, 1.807) is 4.90 Å². The summed E-state index contributed by atoms with van der Waals surface area (Å²) in [7, 11) is 0. The number of halogens is 1. The Hall–Kier alpha value is -3.16. The molecule has 31 heavy (non-hydrogen) atoms. The third-order valence-corrected chi connectivity index (χ3v) is 6.26. The van der Waals surface area contributed by atoms with Gasteiger partial charge in [-0.1, -0.05) is 76.2 Å². The van der Waals surface area contributed by atoms with Crippen molar-refractivity contribution in [2.24, 2.45) is 10.2 Å². The lowest BCUT2D eigenvalue weighted by Crippen LogP contribution is -2.29. The molecule has 1 amide bonds. The Kier molecular flexibility index (Phi) is 5.44. The first-order valence-corrected chi connectivity index (χ1v) is 11.4. The fourth-order valence-corrected chi connectivity index (χ4v) is 4.42. The van der Waals surface area contributed by atoms with Gasteiger partial charge >= 0.3 is 0 Å². The molecule has 1 aliphatic rings. The molecule has 5 rings (SSSR count). The third-order valence-electron chi connectivity index (χ3n) is 4.82. The molecule has 5 nitrogen and oxygen atoms in total. The van der Waals surface area contributed by atoms with Crippen LogP contribution in [0, 0.1) is 0 Å². The largest absolute Gasteiger partial charge is 0.436 e. The van der Waals surface area contributed by atoms with Crippen molar-refractivity contribution in [3.63, 3.8) is 0 Å². The second-order valence-electron chi connectivity index (χ2n) is 6.85. The number of rotatable bonds is 3. The molecule has 0 unspecified atom stereocenters. The highest BCUT2D eigenvalue weighted by molar-refractivity contribution is 9.10. The molecule has 1 aliphatic heterocycles. The molecule has 0 spiro atoms. The lowest BCUT2D eigenvalue weighted by Gasteiger charge is -2.14. The predicted octanol–water partition coefficient (Wildman–Crippen LogP) is 5.81. The highest BCUT2D eigenvalue weighted by Gasteiger charge is 2.29. The van der Waals surface area contributed by atoms with Crippen molar-refractivity contribution in [1.82, 2.24) is 0 Å². The van der Waals surface area contributed by atoms with E-state index in [0.717, 1.165) is 32.3 Å². The molecule has 1 aromatic heterocycles. The van der Waals surface area contributed by atoms with E-state index < -0.39 is 0 Å². The van der Waals surface area contributed by atoms with Gasteiger partial charge in [0.25, 0.3) is 0 Å². The number of carbonyl (C=O) groups is 1. The molecule has 0 bridgehead atoms. The van der Waals surface area contributed by atoms with E-state index in [1.807, 2.05) is 84.9 Å². The quantitative estimate of drug-likeness (QED) is 0.341. The summed E-state index contributed by atoms with van der Waals surface area (Å²) < 4.78 is 7.10. The van der Waals surface area contributed by atoms with Crippen LogP contribution in [0.3, 0.4) is 0 Å². The molecule has 0 aliphatic carbocycles. The van der Waals surface area contributed by atoms with Crippen molar-refractivity contribution in [2.75, 3.05) is 10.7 Å². The summed E-state index contributed by atoms with van der Waals surface area (Å²) in [5.74, 6) is 0.311. The zero-order valence-corrected chi connectivity index (χ0v) is 18.6. The Labute approximate surface area is 191 Å². The lowest BCUT2D eigenvalue weighted by atomic mass is 10.1. The molecule has 4 aromatic rings. The molecule has 0 saturated carbocycles. The first kappa shape index (κ1) is 19.8. The van der Waals surface area contributed by atoms with Gasteiger partial charge in [0.15, 0.2) is 5.17 Å². The summed E-state index contributed by atoms with van der Waals surface area (Å²) in [6.07, 6.45) is 0. The smallest absolute Gasteiger partial charge is 0.246 e. The van der Waals surface area contributed by atoms with Gasteiger partial charge < -0.3 is 4.42 Å². The number of nitrogens with zero attached hydrogens (tertiary/aromatic N) is 3. The van der Waals surface area contributed by atoms with E-state index in [1.165, 1.54) is 11.8 Å².